The number of ketones is 1. The smallest absolute Gasteiger partial charge is 0.220 e. The summed E-state index contributed by atoms with van der Waals surface area (Å²) in [5, 5.41) is 11.6. The number of aryl methyl sites for hydroxylation is 1. The second-order valence-electron chi connectivity index (χ2n) is 5.07. The summed E-state index contributed by atoms with van der Waals surface area (Å²) in [6, 6.07) is 7.51. The molecule has 0 bridgehead atoms. The predicted molar refractivity (Wildman–Crippen MR) is 78.6 cm³/mol. The molecule has 110 valence electrons. The summed E-state index contributed by atoms with van der Waals surface area (Å²) in [6.07, 6.45) is 1.34. The lowest BCUT2D eigenvalue weighted by atomic mass is 10.0. The molecule has 0 aromatic heterocycles. The number of hydrogen-bond acceptors (Lipinski definition) is 3. The first-order valence-corrected chi connectivity index (χ1v) is 7.06. The minimum Gasteiger partial charge on any atom is -0.396 e. The van der Waals surface area contributed by atoms with Crippen LogP contribution in [0.4, 0.5) is 0 Å². The molecule has 1 amide bonds. The van der Waals surface area contributed by atoms with E-state index < -0.39 is 0 Å². The molecule has 20 heavy (non-hydrogen) atoms. The Kier molecular flexibility index (Phi) is 6.94. The van der Waals surface area contributed by atoms with Crippen LogP contribution in [-0.2, 0) is 11.2 Å². The molecule has 1 unspecified atom stereocenters. The van der Waals surface area contributed by atoms with Crippen molar-refractivity contribution in [3.63, 3.8) is 0 Å². The number of Topliss-reactive ketones (excluding diaryl/α,β-unsaturated/α-hetero) is 1. The average molecular weight is 277 g/mol. The molecule has 1 aromatic rings. The SMILES string of the molecule is CCc1ccc(C(=O)CCC(=O)NCC(C)CO)cc1. The molecule has 0 saturated heterocycles. The van der Waals surface area contributed by atoms with Gasteiger partial charge in [-0.2, -0.15) is 0 Å². The Bertz CT molecular complexity index is 440. The summed E-state index contributed by atoms with van der Waals surface area (Å²) >= 11 is 0. The molecule has 0 spiro atoms. The molecule has 4 heteroatoms. The molecule has 1 rings (SSSR count). The number of benzene rings is 1. The number of hydrogen-bond donors (Lipinski definition) is 2. The van der Waals surface area contributed by atoms with Gasteiger partial charge in [-0.25, -0.2) is 0 Å². The van der Waals surface area contributed by atoms with Crippen LogP contribution < -0.4 is 5.32 Å². The maximum absolute atomic E-state index is 11.9. The number of amides is 1. The molecule has 0 aliphatic carbocycles. The average Bonchev–Trinajstić information content (AvgIpc) is 2.50. The van der Waals surface area contributed by atoms with E-state index in [1.807, 2.05) is 31.2 Å². The minimum atomic E-state index is -0.149. The highest BCUT2D eigenvalue weighted by Crippen LogP contribution is 2.08. The fourth-order valence-electron chi connectivity index (χ4n) is 1.74. The lowest BCUT2D eigenvalue weighted by molar-refractivity contribution is -0.121. The molecule has 0 fully saturated rings. The second-order valence-corrected chi connectivity index (χ2v) is 5.07. The molecule has 0 aliphatic heterocycles. The number of rotatable bonds is 8. The van der Waals surface area contributed by atoms with Crippen LogP contribution in [0.5, 0.6) is 0 Å². The Hall–Kier alpha value is -1.68. The van der Waals surface area contributed by atoms with Gasteiger partial charge in [0, 0.05) is 31.6 Å². The summed E-state index contributed by atoms with van der Waals surface area (Å²) < 4.78 is 0. The van der Waals surface area contributed by atoms with Gasteiger partial charge in [0.15, 0.2) is 5.78 Å². The fraction of sp³-hybridized carbons (Fsp3) is 0.500. The molecule has 1 aromatic carbocycles. The van der Waals surface area contributed by atoms with Crippen molar-refractivity contribution in [3.8, 4) is 0 Å². The van der Waals surface area contributed by atoms with Crippen molar-refractivity contribution in [2.45, 2.75) is 33.1 Å². The van der Waals surface area contributed by atoms with Crippen molar-refractivity contribution in [1.82, 2.24) is 5.32 Å². The van der Waals surface area contributed by atoms with Crippen LogP contribution in [0.3, 0.4) is 0 Å². The Morgan fingerprint density at radius 2 is 1.85 bits per heavy atom. The third kappa shape index (κ3) is 5.53. The quantitative estimate of drug-likeness (QED) is 0.714. The number of nitrogens with one attached hydrogen (secondary N) is 1. The Morgan fingerprint density at radius 1 is 1.20 bits per heavy atom. The van der Waals surface area contributed by atoms with Gasteiger partial charge in [0.1, 0.15) is 0 Å². The first-order valence-electron chi connectivity index (χ1n) is 7.06. The van der Waals surface area contributed by atoms with Gasteiger partial charge in [0.25, 0.3) is 0 Å². The van der Waals surface area contributed by atoms with Gasteiger partial charge < -0.3 is 10.4 Å². The highest BCUT2D eigenvalue weighted by atomic mass is 16.3. The first-order chi connectivity index (χ1) is 9.56. The van der Waals surface area contributed by atoms with E-state index in [-0.39, 0.29) is 37.1 Å². The molecule has 1 atom stereocenters. The molecule has 2 N–H and O–H groups in total. The van der Waals surface area contributed by atoms with Crippen LogP contribution in [-0.4, -0.2) is 29.9 Å². The third-order valence-electron chi connectivity index (χ3n) is 3.22. The van der Waals surface area contributed by atoms with E-state index in [0.717, 1.165) is 6.42 Å². The van der Waals surface area contributed by atoms with Gasteiger partial charge in [-0.3, -0.25) is 9.59 Å². The summed E-state index contributed by atoms with van der Waals surface area (Å²) in [7, 11) is 0. The molecular formula is C16H23NO3. The van der Waals surface area contributed by atoms with Gasteiger partial charge in [-0.15, -0.1) is 0 Å². The monoisotopic (exact) mass is 277 g/mol. The molecule has 0 heterocycles. The van der Waals surface area contributed by atoms with Gasteiger partial charge in [-0.05, 0) is 17.9 Å². The van der Waals surface area contributed by atoms with Gasteiger partial charge in [0.2, 0.25) is 5.91 Å². The van der Waals surface area contributed by atoms with Crippen LogP contribution in [0, 0.1) is 5.92 Å². The van der Waals surface area contributed by atoms with E-state index in [2.05, 4.69) is 12.2 Å². The van der Waals surface area contributed by atoms with E-state index in [9.17, 15) is 9.59 Å². The molecule has 0 aliphatic rings. The zero-order valence-electron chi connectivity index (χ0n) is 12.2. The number of carbonyl (C=O) groups is 2. The summed E-state index contributed by atoms with van der Waals surface area (Å²) in [5.41, 5.74) is 1.84. The topological polar surface area (TPSA) is 66.4 Å². The molecule has 0 saturated carbocycles. The van der Waals surface area contributed by atoms with E-state index in [4.69, 9.17) is 5.11 Å². The summed E-state index contributed by atoms with van der Waals surface area (Å²) in [5.74, 6) is -0.127. The normalized spacial score (nSPS) is 11.9. The van der Waals surface area contributed by atoms with Crippen LogP contribution in [0.2, 0.25) is 0 Å². The zero-order valence-corrected chi connectivity index (χ0v) is 12.2. The van der Waals surface area contributed by atoms with Crippen molar-refractivity contribution in [1.29, 1.82) is 0 Å². The highest BCUT2D eigenvalue weighted by molar-refractivity contribution is 5.97. The molecule has 4 nitrogen and oxygen atoms in total. The van der Waals surface area contributed by atoms with Gasteiger partial charge in [-0.1, -0.05) is 38.1 Å². The standard InChI is InChI=1S/C16H23NO3/c1-3-13-4-6-14(7-5-13)15(19)8-9-16(20)17-10-12(2)11-18/h4-7,12,18H,3,8-11H2,1-2H3,(H,17,20). The fourth-order valence-corrected chi connectivity index (χ4v) is 1.74. The van der Waals surface area contributed by atoms with Crippen LogP contribution >= 0.6 is 0 Å². The van der Waals surface area contributed by atoms with Gasteiger partial charge in [0.05, 0.1) is 0 Å². The largest absolute Gasteiger partial charge is 0.396 e. The van der Waals surface area contributed by atoms with Crippen LogP contribution in [0.1, 0.15) is 42.6 Å². The first kappa shape index (κ1) is 16.4. The summed E-state index contributed by atoms with van der Waals surface area (Å²) in [6.45, 7) is 4.40. The van der Waals surface area contributed by atoms with Crippen molar-refractivity contribution >= 4 is 11.7 Å². The second kappa shape index (κ2) is 8.48. The van der Waals surface area contributed by atoms with Crippen molar-refractivity contribution < 1.29 is 14.7 Å². The maximum atomic E-state index is 11.9. The Morgan fingerprint density at radius 3 is 2.40 bits per heavy atom. The van der Waals surface area contributed by atoms with E-state index in [1.165, 1.54) is 5.56 Å². The van der Waals surface area contributed by atoms with E-state index in [1.54, 1.807) is 0 Å². The zero-order chi connectivity index (χ0) is 15.0. The maximum Gasteiger partial charge on any atom is 0.220 e. The van der Waals surface area contributed by atoms with Crippen molar-refractivity contribution in [2.24, 2.45) is 5.92 Å². The van der Waals surface area contributed by atoms with Gasteiger partial charge >= 0.3 is 0 Å². The lowest BCUT2D eigenvalue weighted by Gasteiger charge is -2.09. The minimum absolute atomic E-state index is 0.0157. The molecular weight excluding hydrogens is 254 g/mol. The summed E-state index contributed by atoms with van der Waals surface area (Å²) in [4.78, 5) is 23.5. The third-order valence-corrected chi connectivity index (χ3v) is 3.22. The number of aliphatic hydroxyl groups is 1. The Balaban J connectivity index is 2.36. The van der Waals surface area contributed by atoms with Crippen LogP contribution in [0.25, 0.3) is 0 Å². The van der Waals surface area contributed by atoms with Crippen molar-refractivity contribution in [2.75, 3.05) is 13.2 Å². The highest BCUT2D eigenvalue weighted by Gasteiger charge is 2.10. The predicted octanol–water partition coefficient (Wildman–Crippen LogP) is 1.96. The van der Waals surface area contributed by atoms with E-state index >= 15 is 0 Å². The molecule has 0 radical (unpaired) electrons. The Labute approximate surface area is 120 Å². The number of carbonyl (C=O) groups excluding carboxylic acids is 2. The van der Waals surface area contributed by atoms with Crippen molar-refractivity contribution in [3.05, 3.63) is 35.4 Å². The number of aliphatic hydroxyl groups excluding tert-OH is 1. The lowest BCUT2D eigenvalue weighted by Crippen LogP contribution is -2.29. The van der Waals surface area contributed by atoms with E-state index in [0.29, 0.717) is 12.1 Å². The van der Waals surface area contributed by atoms with Crippen LogP contribution in [0.15, 0.2) is 24.3 Å².